The Morgan fingerprint density at radius 1 is 1.32 bits per heavy atom. The van der Waals surface area contributed by atoms with Gasteiger partial charge in [-0.1, -0.05) is 6.07 Å². The molecule has 4 rings (SSSR count). The maximum Gasteiger partial charge on any atom is 0.333 e. The molecule has 2 aromatic rings. The largest absolute Gasteiger partial charge is 0.490 e. The topological polar surface area (TPSA) is 100.0 Å². The number of hydrogen-bond acceptors (Lipinski definition) is 5. The Labute approximate surface area is 162 Å². The summed E-state index contributed by atoms with van der Waals surface area (Å²) in [5.74, 6) is -1.72. The number of ether oxygens (including phenoxy) is 1. The summed E-state index contributed by atoms with van der Waals surface area (Å²) in [7, 11) is 1.88. The second-order valence-corrected chi connectivity index (χ2v) is 7.57. The lowest BCUT2D eigenvalue weighted by Crippen LogP contribution is -2.55. The second kappa shape index (κ2) is 6.91. The number of rotatable bonds is 5. The molecule has 146 valence electrons. The first-order valence-electron chi connectivity index (χ1n) is 9.32. The van der Waals surface area contributed by atoms with Crippen LogP contribution < -0.4 is 4.74 Å². The summed E-state index contributed by atoms with van der Waals surface area (Å²) in [6.45, 7) is 0. The van der Waals surface area contributed by atoms with Crippen molar-refractivity contribution in [1.82, 2.24) is 9.88 Å². The van der Waals surface area contributed by atoms with E-state index in [9.17, 15) is 19.8 Å². The molecule has 2 aliphatic heterocycles. The van der Waals surface area contributed by atoms with Crippen molar-refractivity contribution in [2.45, 2.75) is 43.4 Å². The van der Waals surface area contributed by atoms with E-state index < -0.39 is 17.5 Å². The fraction of sp³-hybridized carbons (Fsp3) is 0.381. The van der Waals surface area contributed by atoms with Gasteiger partial charge < -0.3 is 14.9 Å². The summed E-state index contributed by atoms with van der Waals surface area (Å²) < 4.78 is 6.23. The van der Waals surface area contributed by atoms with Crippen LogP contribution in [0.5, 0.6) is 5.75 Å². The SMILES string of the molecule is CN1C2CCC1(/C(=C\C(=O)O)C(=O)O)CC(Oc1ccc3ncccc3c1)C2. The van der Waals surface area contributed by atoms with Gasteiger partial charge in [-0.2, -0.15) is 0 Å². The third kappa shape index (κ3) is 3.11. The number of piperidine rings is 1. The molecule has 0 amide bonds. The number of likely N-dealkylation sites (N-methyl/N-ethyl adjacent to an activating group) is 1. The number of aromatic nitrogens is 1. The molecule has 2 bridgehead atoms. The number of benzene rings is 1. The van der Waals surface area contributed by atoms with E-state index in [1.54, 1.807) is 6.20 Å². The Bertz CT molecular complexity index is 972. The van der Waals surface area contributed by atoms with E-state index in [0.717, 1.165) is 29.8 Å². The van der Waals surface area contributed by atoms with Crippen molar-refractivity contribution in [3.8, 4) is 5.75 Å². The maximum absolute atomic E-state index is 11.9. The molecule has 7 heteroatoms. The number of carboxylic acids is 2. The van der Waals surface area contributed by atoms with Gasteiger partial charge in [0.1, 0.15) is 11.9 Å². The average molecular weight is 382 g/mol. The molecule has 3 unspecified atom stereocenters. The normalized spacial score (nSPS) is 27.7. The Kier molecular flexibility index (Phi) is 4.55. The smallest absolute Gasteiger partial charge is 0.333 e. The molecular formula is C21H22N2O5. The van der Waals surface area contributed by atoms with Crippen LogP contribution in [0.25, 0.3) is 10.9 Å². The second-order valence-electron chi connectivity index (χ2n) is 7.57. The van der Waals surface area contributed by atoms with Gasteiger partial charge in [-0.05, 0) is 50.6 Å². The minimum absolute atomic E-state index is 0.0685. The monoisotopic (exact) mass is 382 g/mol. The summed E-state index contributed by atoms with van der Waals surface area (Å²) in [4.78, 5) is 29.4. The molecule has 1 aromatic heterocycles. The lowest BCUT2D eigenvalue weighted by atomic mass is 9.80. The van der Waals surface area contributed by atoms with Crippen LogP contribution in [-0.2, 0) is 9.59 Å². The fourth-order valence-electron chi connectivity index (χ4n) is 4.77. The molecule has 1 aromatic carbocycles. The van der Waals surface area contributed by atoms with E-state index in [2.05, 4.69) is 4.98 Å². The van der Waals surface area contributed by atoms with E-state index in [1.807, 2.05) is 42.3 Å². The summed E-state index contributed by atoms with van der Waals surface area (Å²) in [6.07, 6.45) is 5.05. The van der Waals surface area contributed by atoms with Gasteiger partial charge in [-0.15, -0.1) is 0 Å². The maximum atomic E-state index is 11.9. The Balaban J connectivity index is 1.63. The van der Waals surface area contributed by atoms with Gasteiger partial charge in [-0.25, -0.2) is 9.59 Å². The summed E-state index contributed by atoms with van der Waals surface area (Å²) in [6, 6.07) is 9.70. The third-order valence-electron chi connectivity index (χ3n) is 6.09. The molecule has 0 spiro atoms. The number of carbonyl (C=O) groups is 2. The number of aliphatic carboxylic acids is 2. The highest BCUT2D eigenvalue weighted by Gasteiger charge is 2.54. The summed E-state index contributed by atoms with van der Waals surface area (Å²) in [5.41, 5.74) is -0.00993. The Hall–Kier alpha value is -2.93. The van der Waals surface area contributed by atoms with Crippen LogP contribution >= 0.6 is 0 Å². The van der Waals surface area contributed by atoms with E-state index in [4.69, 9.17) is 4.74 Å². The molecule has 0 saturated carbocycles. The van der Waals surface area contributed by atoms with Gasteiger partial charge >= 0.3 is 11.9 Å². The molecule has 2 saturated heterocycles. The van der Waals surface area contributed by atoms with Crippen molar-refractivity contribution in [2.75, 3.05) is 7.05 Å². The number of hydrogen-bond donors (Lipinski definition) is 2. The zero-order chi connectivity index (χ0) is 19.9. The van der Waals surface area contributed by atoms with E-state index >= 15 is 0 Å². The number of pyridine rings is 1. The predicted octanol–water partition coefficient (Wildman–Crippen LogP) is 2.70. The lowest BCUT2D eigenvalue weighted by Gasteiger charge is -2.45. The highest BCUT2D eigenvalue weighted by Crippen LogP contribution is 2.48. The van der Waals surface area contributed by atoms with Gasteiger partial charge in [-0.3, -0.25) is 9.88 Å². The van der Waals surface area contributed by atoms with E-state index in [0.29, 0.717) is 18.6 Å². The fourth-order valence-corrected chi connectivity index (χ4v) is 4.77. The van der Waals surface area contributed by atoms with Gasteiger partial charge in [0.2, 0.25) is 0 Å². The molecular weight excluding hydrogens is 360 g/mol. The highest BCUT2D eigenvalue weighted by molar-refractivity contribution is 5.96. The van der Waals surface area contributed by atoms with Gasteiger partial charge in [0.25, 0.3) is 0 Å². The first-order chi connectivity index (χ1) is 13.4. The van der Waals surface area contributed by atoms with Crippen molar-refractivity contribution >= 4 is 22.8 Å². The zero-order valence-corrected chi connectivity index (χ0v) is 15.5. The zero-order valence-electron chi connectivity index (χ0n) is 15.5. The third-order valence-corrected chi connectivity index (χ3v) is 6.09. The Morgan fingerprint density at radius 2 is 2.14 bits per heavy atom. The average Bonchev–Trinajstić information content (AvgIpc) is 2.85. The molecule has 2 aliphatic rings. The van der Waals surface area contributed by atoms with Crippen LogP contribution in [0.15, 0.2) is 48.2 Å². The van der Waals surface area contributed by atoms with Crippen LogP contribution in [0.1, 0.15) is 25.7 Å². The highest BCUT2D eigenvalue weighted by atomic mass is 16.5. The van der Waals surface area contributed by atoms with Crippen molar-refractivity contribution < 1.29 is 24.5 Å². The van der Waals surface area contributed by atoms with Crippen molar-refractivity contribution in [3.63, 3.8) is 0 Å². The molecule has 3 atom stereocenters. The van der Waals surface area contributed by atoms with Crippen molar-refractivity contribution in [3.05, 3.63) is 48.2 Å². The standard InChI is InChI=1S/C21H22N2O5/c1-23-14-6-7-21(23,17(20(26)27)11-19(24)25)12-16(10-14)28-15-4-5-18-13(9-15)3-2-8-22-18/h2-5,8-9,11,14,16H,6-7,10,12H2,1H3,(H,24,25)(H,26,27)/b17-11-. The molecule has 7 nitrogen and oxygen atoms in total. The van der Waals surface area contributed by atoms with Crippen LogP contribution in [-0.4, -0.2) is 56.8 Å². The number of carboxylic acid groups (broad SMARTS) is 2. The van der Waals surface area contributed by atoms with Crippen LogP contribution in [0.2, 0.25) is 0 Å². The van der Waals surface area contributed by atoms with Gasteiger partial charge in [0.15, 0.2) is 0 Å². The van der Waals surface area contributed by atoms with Crippen LogP contribution in [0, 0.1) is 0 Å². The first kappa shape index (κ1) is 18.4. The molecule has 28 heavy (non-hydrogen) atoms. The minimum Gasteiger partial charge on any atom is -0.490 e. The number of nitrogens with zero attached hydrogens (tertiary/aromatic N) is 2. The van der Waals surface area contributed by atoms with E-state index in [-0.39, 0.29) is 17.7 Å². The summed E-state index contributed by atoms with van der Waals surface area (Å²) in [5, 5.41) is 19.8. The van der Waals surface area contributed by atoms with Gasteiger partial charge in [0.05, 0.1) is 16.6 Å². The number of fused-ring (bicyclic) bond motifs is 3. The molecule has 2 fully saturated rings. The predicted molar refractivity (Wildman–Crippen MR) is 102 cm³/mol. The Morgan fingerprint density at radius 3 is 2.89 bits per heavy atom. The quantitative estimate of drug-likeness (QED) is 0.767. The molecule has 0 aliphatic carbocycles. The molecule has 0 radical (unpaired) electrons. The van der Waals surface area contributed by atoms with Crippen LogP contribution in [0.3, 0.4) is 0 Å². The summed E-state index contributed by atoms with van der Waals surface area (Å²) >= 11 is 0. The molecule has 3 heterocycles. The minimum atomic E-state index is -1.24. The van der Waals surface area contributed by atoms with Crippen molar-refractivity contribution in [1.29, 1.82) is 0 Å². The lowest BCUT2D eigenvalue weighted by molar-refractivity contribution is -0.137. The van der Waals surface area contributed by atoms with Crippen LogP contribution in [0.4, 0.5) is 0 Å². The first-order valence-corrected chi connectivity index (χ1v) is 9.32. The van der Waals surface area contributed by atoms with Crippen molar-refractivity contribution in [2.24, 2.45) is 0 Å². The molecule has 2 N–H and O–H groups in total. The van der Waals surface area contributed by atoms with E-state index in [1.165, 1.54) is 0 Å². The van der Waals surface area contributed by atoms with Gasteiger partial charge in [0, 0.05) is 30.1 Å².